The van der Waals surface area contributed by atoms with Crippen LogP contribution in [0, 0.1) is 6.92 Å². The summed E-state index contributed by atoms with van der Waals surface area (Å²) in [5.41, 5.74) is 14.0. The highest BCUT2D eigenvalue weighted by Crippen LogP contribution is 2.33. The Morgan fingerprint density at radius 1 is 0.968 bits per heavy atom. The van der Waals surface area contributed by atoms with Crippen molar-refractivity contribution in [2.45, 2.75) is 6.92 Å². The Bertz CT molecular complexity index is 1570. The van der Waals surface area contributed by atoms with E-state index in [9.17, 15) is 0 Å². The molecule has 6 aromatic rings. The highest BCUT2D eigenvalue weighted by atomic mass is 15.1. The molecule has 5 aromatic heterocycles. The number of hydrogen-bond donors (Lipinski definition) is 3. The van der Waals surface area contributed by atoms with Gasteiger partial charge in [0.05, 0.1) is 34.6 Å². The molecule has 0 spiro atoms. The topological polar surface area (TPSA) is 114 Å². The normalized spacial score (nSPS) is 11.5. The van der Waals surface area contributed by atoms with Crippen molar-refractivity contribution in [1.29, 1.82) is 0 Å². The van der Waals surface area contributed by atoms with Gasteiger partial charge in [0.25, 0.3) is 0 Å². The Morgan fingerprint density at radius 3 is 2.74 bits per heavy atom. The fourth-order valence-corrected chi connectivity index (χ4v) is 3.93. The number of benzene rings is 1. The second-order valence-electron chi connectivity index (χ2n) is 7.54. The standard InChI is InChI=1S/C23H18N8/c1-13-11-31(12-27-13)21-4-5-26-23-18(21)8-20(28-23)22-17-7-14(2-3-19(17)29-30-22)15-6-16(24)10-25-9-15/h2-12H,24H2,1H3,(H,26,28)(H,29,30). The molecule has 5 heterocycles. The van der Waals surface area contributed by atoms with Gasteiger partial charge in [0, 0.05) is 41.1 Å². The molecular formula is C23H18N8. The van der Waals surface area contributed by atoms with Crippen molar-refractivity contribution in [2.75, 3.05) is 5.73 Å². The summed E-state index contributed by atoms with van der Waals surface area (Å²) in [5.74, 6) is 0. The maximum atomic E-state index is 5.92. The minimum absolute atomic E-state index is 0.633. The third-order valence-corrected chi connectivity index (χ3v) is 5.41. The molecule has 0 atom stereocenters. The summed E-state index contributed by atoms with van der Waals surface area (Å²) < 4.78 is 2.00. The second kappa shape index (κ2) is 6.53. The van der Waals surface area contributed by atoms with Crippen LogP contribution in [-0.2, 0) is 0 Å². The molecule has 6 rings (SSSR count). The van der Waals surface area contributed by atoms with E-state index in [1.165, 1.54) is 0 Å². The lowest BCUT2D eigenvalue weighted by atomic mass is 10.0. The van der Waals surface area contributed by atoms with Crippen LogP contribution in [0.25, 0.3) is 50.1 Å². The van der Waals surface area contributed by atoms with Gasteiger partial charge in [0.1, 0.15) is 11.3 Å². The SMILES string of the molecule is Cc1cn(-c2ccnc3[nH]c(-c4n[nH]c5ccc(-c6cncc(N)c6)cc45)cc23)cn1. The van der Waals surface area contributed by atoms with E-state index < -0.39 is 0 Å². The van der Waals surface area contributed by atoms with Crippen molar-refractivity contribution in [2.24, 2.45) is 0 Å². The van der Waals surface area contributed by atoms with Gasteiger partial charge in [-0.2, -0.15) is 5.10 Å². The van der Waals surface area contributed by atoms with Gasteiger partial charge in [-0.05, 0) is 42.8 Å². The molecule has 0 unspecified atom stereocenters. The number of anilines is 1. The minimum Gasteiger partial charge on any atom is -0.397 e. The second-order valence-corrected chi connectivity index (χ2v) is 7.54. The van der Waals surface area contributed by atoms with Gasteiger partial charge < -0.3 is 15.3 Å². The first-order valence-electron chi connectivity index (χ1n) is 9.84. The molecular weight excluding hydrogens is 388 g/mol. The lowest BCUT2D eigenvalue weighted by molar-refractivity contribution is 1.06. The number of nitrogens with one attached hydrogen (secondary N) is 2. The van der Waals surface area contributed by atoms with Gasteiger partial charge in [-0.15, -0.1) is 0 Å². The summed E-state index contributed by atoms with van der Waals surface area (Å²) in [6.07, 6.45) is 9.05. The van der Waals surface area contributed by atoms with E-state index in [1.807, 2.05) is 54.5 Å². The Kier molecular flexibility index (Phi) is 3.66. The molecule has 0 fully saturated rings. The molecule has 31 heavy (non-hydrogen) atoms. The number of nitrogens with zero attached hydrogens (tertiary/aromatic N) is 5. The van der Waals surface area contributed by atoms with Crippen LogP contribution < -0.4 is 5.73 Å². The van der Waals surface area contributed by atoms with E-state index in [-0.39, 0.29) is 0 Å². The summed E-state index contributed by atoms with van der Waals surface area (Å²) in [5, 5.41) is 9.71. The van der Waals surface area contributed by atoms with E-state index in [1.54, 1.807) is 12.4 Å². The lowest BCUT2D eigenvalue weighted by Crippen LogP contribution is -1.91. The molecule has 0 amide bonds. The number of aromatic amines is 2. The van der Waals surface area contributed by atoms with Crippen LogP contribution in [0.2, 0.25) is 0 Å². The molecule has 0 aliphatic carbocycles. The highest BCUT2D eigenvalue weighted by molar-refractivity contribution is 5.98. The smallest absolute Gasteiger partial charge is 0.139 e. The number of rotatable bonds is 3. The number of H-pyrrole nitrogens is 2. The first kappa shape index (κ1) is 17.4. The monoisotopic (exact) mass is 406 g/mol. The number of aryl methyl sites for hydroxylation is 1. The van der Waals surface area contributed by atoms with Crippen LogP contribution in [0.1, 0.15) is 5.69 Å². The van der Waals surface area contributed by atoms with E-state index >= 15 is 0 Å². The zero-order valence-electron chi connectivity index (χ0n) is 16.7. The molecule has 4 N–H and O–H groups in total. The van der Waals surface area contributed by atoms with Gasteiger partial charge in [0.15, 0.2) is 0 Å². The quantitative estimate of drug-likeness (QED) is 0.407. The summed E-state index contributed by atoms with van der Waals surface area (Å²) in [6, 6.07) is 12.1. The van der Waals surface area contributed by atoms with Crippen LogP contribution in [0.3, 0.4) is 0 Å². The first-order valence-corrected chi connectivity index (χ1v) is 9.84. The summed E-state index contributed by atoms with van der Waals surface area (Å²) in [7, 11) is 0. The van der Waals surface area contributed by atoms with Crippen LogP contribution in [0.4, 0.5) is 5.69 Å². The largest absolute Gasteiger partial charge is 0.397 e. The third-order valence-electron chi connectivity index (χ3n) is 5.41. The Morgan fingerprint density at radius 2 is 1.90 bits per heavy atom. The molecule has 1 aromatic carbocycles. The Balaban J connectivity index is 1.51. The van der Waals surface area contributed by atoms with Gasteiger partial charge in [-0.1, -0.05) is 6.07 Å². The Labute approximate surface area is 176 Å². The molecule has 150 valence electrons. The fourth-order valence-electron chi connectivity index (χ4n) is 3.93. The fraction of sp³-hybridized carbons (Fsp3) is 0.0435. The molecule has 0 saturated heterocycles. The Hall–Kier alpha value is -4.46. The van der Waals surface area contributed by atoms with E-state index in [4.69, 9.17) is 5.73 Å². The summed E-state index contributed by atoms with van der Waals surface area (Å²) in [4.78, 5) is 16.5. The maximum Gasteiger partial charge on any atom is 0.139 e. The average molecular weight is 406 g/mol. The molecule has 0 bridgehead atoms. The van der Waals surface area contributed by atoms with E-state index in [0.717, 1.165) is 55.8 Å². The summed E-state index contributed by atoms with van der Waals surface area (Å²) >= 11 is 0. The maximum absolute atomic E-state index is 5.92. The molecule has 8 heteroatoms. The van der Waals surface area contributed by atoms with Crippen LogP contribution in [0.5, 0.6) is 0 Å². The average Bonchev–Trinajstić information content (AvgIpc) is 3.50. The number of aromatic nitrogens is 7. The number of nitrogen functional groups attached to an aromatic ring is 1. The van der Waals surface area contributed by atoms with E-state index in [2.05, 4.69) is 42.3 Å². The van der Waals surface area contributed by atoms with E-state index in [0.29, 0.717) is 5.69 Å². The molecule has 8 nitrogen and oxygen atoms in total. The van der Waals surface area contributed by atoms with Crippen LogP contribution in [0.15, 0.2) is 67.5 Å². The number of pyridine rings is 2. The third kappa shape index (κ3) is 2.84. The number of hydrogen-bond acceptors (Lipinski definition) is 5. The van der Waals surface area contributed by atoms with Gasteiger partial charge in [0.2, 0.25) is 0 Å². The first-order chi connectivity index (χ1) is 15.2. The van der Waals surface area contributed by atoms with Crippen molar-refractivity contribution >= 4 is 27.6 Å². The van der Waals surface area contributed by atoms with Crippen molar-refractivity contribution < 1.29 is 0 Å². The predicted octanol–water partition coefficient (Wildman–Crippen LogP) is 4.24. The van der Waals surface area contributed by atoms with Crippen molar-refractivity contribution in [1.82, 2.24) is 34.7 Å². The molecule has 0 radical (unpaired) electrons. The zero-order chi connectivity index (χ0) is 20.9. The van der Waals surface area contributed by atoms with Gasteiger partial charge in [-0.25, -0.2) is 9.97 Å². The van der Waals surface area contributed by atoms with Gasteiger partial charge in [-0.3, -0.25) is 10.1 Å². The highest BCUT2D eigenvalue weighted by Gasteiger charge is 2.15. The molecule has 0 aliphatic rings. The van der Waals surface area contributed by atoms with Crippen molar-refractivity contribution in [3.05, 3.63) is 73.2 Å². The van der Waals surface area contributed by atoms with Crippen molar-refractivity contribution in [3.8, 4) is 28.2 Å². The number of imidazole rings is 1. The van der Waals surface area contributed by atoms with Crippen LogP contribution >= 0.6 is 0 Å². The molecule has 0 aliphatic heterocycles. The van der Waals surface area contributed by atoms with Gasteiger partial charge >= 0.3 is 0 Å². The zero-order valence-corrected chi connectivity index (χ0v) is 16.7. The van der Waals surface area contributed by atoms with Crippen molar-refractivity contribution in [3.63, 3.8) is 0 Å². The number of nitrogens with two attached hydrogens (primary N) is 1. The summed E-state index contributed by atoms with van der Waals surface area (Å²) in [6.45, 7) is 1.97. The number of fused-ring (bicyclic) bond motifs is 2. The van der Waals surface area contributed by atoms with Crippen LogP contribution in [-0.4, -0.2) is 34.7 Å². The molecule has 0 saturated carbocycles. The minimum atomic E-state index is 0.633. The predicted molar refractivity (Wildman–Crippen MR) is 121 cm³/mol. The lowest BCUT2D eigenvalue weighted by Gasteiger charge is -2.03.